The molecule has 1 aliphatic rings. The average Bonchev–Trinajstić information content (AvgIpc) is 2.07. The zero-order valence-corrected chi connectivity index (χ0v) is 8.39. The fraction of sp³-hybridized carbons (Fsp3) is 0.700. The SMILES string of the molecule is C/C=C(\C)CNC(=O)NC1CCC1.[HH].[HH]. The van der Waals surface area contributed by atoms with Crippen molar-refractivity contribution >= 4 is 6.03 Å². The maximum absolute atomic E-state index is 11.2. The molecule has 2 N–H and O–H groups in total. The van der Waals surface area contributed by atoms with Crippen molar-refractivity contribution in [2.75, 3.05) is 6.54 Å². The number of nitrogens with one attached hydrogen (secondary N) is 2. The van der Waals surface area contributed by atoms with E-state index >= 15 is 0 Å². The molecule has 0 aromatic heterocycles. The highest BCUT2D eigenvalue weighted by atomic mass is 16.2. The Morgan fingerprint density at radius 3 is 2.77 bits per heavy atom. The number of rotatable bonds is 3. The van der Waals surface area contributed by atoms with Crippen molar-refractivity contribution in [1.82, 2.24) is 10.6 Å². The van der Waals surface area contributed by atoms with Gasteiger partial charge in [0, 0.05) is 15.4 Å². The molecule has 2 amide bonds. The normalized spacial score (nSPS) is 17.8. The summed E-state index contributed by atoms with van der Waals surface area (Å²) in [5, 5.41) is 5.73. The van der Waals surface area contributed by atoms with Crippen LogP contribution in [0, 0.1) is 0 Å². The second-order valence-electron chi connectivity index (χ2n) is 3.59. The van der Waals surface area contributed by atoms with Crippen LogP contribution in [0.2, 0.25) is 0 Å². The van der Waals surface area contributed by atoms with Gasteiger partial charge in [-0.2, -0.15) is 0 Å². The third-order valence-corrected chi connectivity index (χ3v) is 2.46. The summed E-state index contributed by atoms with van der Waals surface area (Å²) in [6.07, 6.45) is 5.52. The van der Waals surface area contributed by atoms with Crippen molar-refractivity contribution < 1.29 is 7.65 Å². The van der Waals surface area contributed by atoms with Crippen molar-refractivity contribution in [2.45, 2.75) is 39.2 Å². The van der Waals surface area contributed by atoms with Crippen LogP contribution in [0.4, 0.5) is 4.79 Å². The largest absolute Gasteiger partial charge is 0.335 e. The van der Waals surface area contributed by atoms with E-state index in [1.165, 1.54) is 12.0 Å². The zero-order valence-electron chi connectivity index (χ0n) is 8.39. The van der Waals surface area contributed by atoms with Crippen LogP contribution in [0.25, 0.3) is 0 Å². The molecule has 0 aromatic carbocycles. The maximum Gasteiger partial charge on any atom is 0.315 e. The summed E-state index contributed by atoms with van der Waals surface area (Å²) >= 11 is 0. The lowest BCUT2D eigenvalue weighted by Gasteiger charge is -2.26. The first-order valence-electron chi connectivity index (χ1n) is 4.88. The Hall–Kier alpha value is -0.990. The molecular weight excluding hydrogens is 164 g/mol. The van der Waals surface area contributed by atoms with E-state index in [4.69, 9.17) is 0 Å². The van der Waals surface area contributed by atoms with Crippen LogP contribution in [0.1, 0.15) is 36.0 Å². The van der Waals surface area contributed by atoms with E-state index in [0.29, 0.717) is 12.6 Å². The van der Waals surface area contributed by atoms with Gasteiger partial charge in [-0.05, 0) is 33.1 Å². The van der Waals surface area contributed by atoms with E-state index in [-0.39, 0.29) is 8.88 Å². The molecule has 13 heavy (non-hydrogen) atoms. The fourth-order valence-corrected chi connectivity index (χ4v) is 1.11. The van der Waals surface area contributed by atoms with E-state index < -0.39 is 0 Å². The van der Waals surface area contributed by atoms with Crippen LogP contribution < -0.4 is 10.6 Å². The Kier molecular flexibility index (Phi) is 3.80. The molecule has 0 saturated heterocycles. The topological polar surface area (TPSA) is 41.1 Å². The Morgan fingerprint density at radius 2 is 2.31 bits per heavy atom. The van der Waals surface area contributed by atoms with Crippen LogP contribution in [-0.2, 0) is 0 Å². The first kappa shape index (κ1) is 10.1. The van der Waals surface area contributed by atoms with Gasteiger partial charge in [0.1, 0.15) is 0 Å². The number of hydrogen-bond acceptors (Lipinski definition) is 1. The minimum absolute atomic E-state index is 0. The van der Waals surface area contributed by atoms with Gasteiger partial charge < -0.3 is 10.6 Å². The van der Waals surface area contributed by atoms with Gasteiger partial charge in [-0.3, -0.25) is 0 Å². The van der Waals surface area contributed by atoms with Gasteiger partial charge in [0.15, 0.2) is 0 Å². The number of allylic oxidation sites excluding steroid dienone is 1. The quantitative estimate of drug-likeness (QED) is 0.652. The molecule has 78 valence electrons. The molecule has 1 rings (SSSR count). The summed E-state index contributed by atoms with van der Waals surface area (Å²) in [6, 6.07) is 0.386. The first-order valence-corrected chi connectivity index (χ1v) is 4.88. The van der Waals surface area contributed by atoms with Gasteiger partial charge in [0.2, 0.25) is 0 Å². The summed E-state index contributed by atoms with van der Waals surface area (Å²) in [5.41, 5.74) is 1.18. The highest BCUT2D eigenvalue weighted by Gasteiger charge is 2.18. The Labute approximate surface area is 82.6 Å². The molecule has 0 heterocycles. The van der Waals surface area contributed by atoms with E-state index in [2.05, 4.69) is 10.6 Å². The number of hydrogen-bond donors (Lipinski definition) is 2. The lowest BCUT2D eigenvalue weighted by molar-refractivity contribution is 0.229. The lowest BCUT2D eigenvalue weighted by Crippen LogP contribution is -2.45. The summed E-state index contributed by atoms with van der Waals surface area (Å²) in [7, 11) is 0. The van der Waals surface area contributed by atoms with Crippen molar-refractivity contribution in [3.63, 3.8) is 0 Å². The van der Waals surface area contributed by atoms with Crippen molar-refractivity contribution in [3.8, 4) is 0 Å². The minimum atomic E-state index is -0.0362. The first-order chi connectivity index (χ1) is 6.22. The standard InChI is InChI=1S/C10H18N2O.2H2/c1-3-8(2)7-11-10(13)12-9-5-4-6-9;;/h3,9H,4-7H2,1-2H3,(H2,11,12,13);2*1H/b8-3+;;. The Bertz CT molecular complexity index is 215. The van der Waals surface area contributed by atoms with Gasteiger partial charge in [-0.1, -0.05) is 11.6 Å². The molecule has 0 aromatic rings. The van der Waals surface area contributed by atoms with Gasteiger partial charge in [0.25, 0.3) is 0 Å². The summed E-state index contributed by atoms with van der Waals surface area (Å²) in [6.45, 7) is 4.62. The van der Waals surface area contributed by atoms with Crippen molar-refractivity contribution in [3.05, 3.63) is 11.6 Å². The Morgan fingerprint density at radius 1 is 1.62 bits per heavy atom. The van der Waals surface area contributed by atoms with Crippen molar-refractivity contribution in [1.29, 1.82) is 0 Å². The summed E-state index contributed by atoms with van der Waals surface area (Å²) in [5.74, 6) is 0. The highest BCUT2D eigenvalue weighted by molar-refractivity contribution is 5.74. The van der Waals surface area contributed by atoms with Crippen LogP contribution in [-0.4, -0.2) is 18.6 Å². The lowest BCUT2D eigenvalue weighted by atomic mass is 9.93. The number of amides is 2. The molecule has 0 atom stereocenters. The molecule has 0 radical (unpaired) electrons. The summed E-state index contributed by atoms with van der Waals surface area (Å²) < 4.78 is 0. The van der Waals surface area contributed by atoms with E-state index in [0.717, 1.165) is 12.8 Å². The number of urea groups is 1. The molecule has 3 nitrogen and oxygen atoms in total. The van der Waals surface area contributed by atoms with Crippen molar-refractivity contribution in [2.24, 2.45) is 0 Å². The third kappa shape index (κ3) is 3.49. The Balaban J connectivity index is 0. The molecule has 1 saturated carbocycles. The molecule has 0 aliphatic heterocycles. The maximum atomic E-state index is 11.2. The molecule has 1 fully saturated rings. The molecule has 0 unspecified atom stereocenters. The smallest absolute Gasteiger partial charge is 0.315 e. The van der Waals surface area contributed by atoms with Crippen LogP contribution in [0.5, 0.6) is 0 Å². The zero-order chi connectivity index (χ0) is 9.68. The highest BCUT2D eigenvalue weighted by Crippen LogP contribution is 2.17. The molecule has 0 bridgehead atoms. The van der Waals surface area contributed by atoms with Gasteiger partial charge in [-0.15, -0.1) is 0 Å². The second kappa shape index (κ2) is 4.90. The van der Waals surface area contributed by atoms with Gasteiger partial charge >= 0.3 is 6.03 Å². The van der Waals surface area contributed by atoms with Crippen LogP contribution >= 0.6 is 0 Å². The second-order valence-corrected chi connectivity index (χ2v) is 3.59. The molecule has 0 spiro atoms. The molecule has 1 aliphatic carbocycles. The van der Waals surface area contributed by atoms with Gasteiger partial charge in [0.05, 0.1) is 0 Å². The van der Waals surface area contributed by atoms with Gasteiger partial charge in [-0.25, -0.2) is 4.79 Å². The fourth-order valence-electron chi connectivity index (χ4n) is 1.11. The molecular formula is C10H22N2O. The van der Waals surface area contributed by atoms with Crippen LogP contribution in [0.15, 0.2) is 11.6 Å². The molecule has 3 heteroatoms. The average molecular weight is 186 g/mol. The predicted octanol–water partition coefficient (Wildman–Crippen LogP) is 2.30. The number of carbonyl (C=O) groups is 1. The third-order valence-electron chi connectivity index (χ3n) is 2.46. The predicted molar refractivity (Wildman–Crippen MR) is 57.8 cm³/mol. The van der Waals surface area contributed by atoms with E-state index in [1.54, 1.807) is 0 Å². The van der Waals surface area contributed by atoms with E-state index in [9.17, 15) is 4.79 Å². The number of carbonyl (C=O) groups excluding carboxylic acids is 1. The minimum Gasteiger partial charge on any atom is -0.335 e. The van der Waals surface area contributed by atoms with Crippen LogP contribution in [0.3, 0.4) is 0 Å². The summed E-state index contributed by atoms with van der Waals surface area (Å²) in [4.78, 5) is 11.2. The monoisotopic (exact) mass is 186 g/mol. The van der Waals surface area contributed by atoms with E-state index in [1.807, 2.05) is 19.9 Å².